The van der Waals surface area contributed by atoms with E-state index in [0.717, 1.165) is 16.6 Å². The van der Waals surface area contributed by atoms with Crippen LogP contribution in [0.15, 0.2) is 18.5 Å². The molecule has 4 heteroatoms. The maximum Gasteiger partial charge on any atom is 0.0957 e. The first-order chi connectivity index (χ1) is 5.79. The lowest BCUT2D eigenvalue weighted by Gasteiger charge is -1.92. The van der Waals surface area contributed by atoms with E-state index in [1.54, 1.807) is 10.9 Å². The second-order valence-corrected chi connectivity index (χ2v) is 2.74. The van der Waals surface area contributed by atoms with Gasteiger partial charge in [-0.05, 0) is 6.07 Å². The Balaban J connectivity index is 2.66. The summed E-state index contributed by atoms with van der Waals surface area (Å²) in [6.45, 7) is 0.465. The number of pyridine rings is 1. The second-order valence-electron chi connectivity index (χ2n) is 2.74. The molecule has 0 fully saturated rings. The molecule has 2 rings (SSSR count). The van der Waals surface area contributed by atoms with Crippen molar-refractivity contribution in [1.29, 1.82) is 0 Å². The fraction of sp³-hybridized carbons (Fsp3) is 0.250. The van der Waals surface area contributed by atoms with Gasteiger partial charge in [-0.2, -0.15) is 5.10 Å². The average molecular weight is 162 g/mol. The Morgan fingerprint density at radius 1 is 1.58 bits per heavy atom. The Morgan fingerprint density at radius 2 is 2.42 bits per heavy atom. The number of nitrogens with zero attached hydrogens (tertiary/aromatic N) is 3. The van der Waals surface area contributed by atoms with E-state index in [1.165, 1.54) is 0 Å². The van der Waals surface area contributed by atoms with Gasteiger partial charge < -0.3 is 5.73 Å². The van der Waals surface area contributed by atoms with Crippen LogP contribution in [-0.4, -0.2) is 14.8 Å². The minimum absolute atomic E-state index is 0.465. The fourth-order valence-corrected chi connectivity index (χ4v) is 1.19. The molecule has 0 aliphatic carbocycles. The van der Waals surface area contributed by atoms with Crippen molar-refractivity contribution in [3.8, 4) is 0 Å². The number of rotatable bonds is 1. The van der Waals surface area contributed by atoms with E-state index in [9.17, 15) is 0 Å². The summed E-state index contributed by atoms with van der Waals surface area (Å²) >= 11 is 0. The zero-order valence-electron chi connectivity index (χ0n) is 6.86. The third-order valence-electron chi connectivity index (χ3n) is 1.77. The van der Waals surface area contributed by atoms with E-state index in [2.05, 4.69) is 10.1 Å². The molecule has 0 aliphatic rings. The van der Waals surface area contributed by atoms with E-state index < -0.39 is 0 Å². The van der Waals surface area contributed by atoms with Gasteiger partial charge in [0.05, 0.1) is 11.2 Å². The van der Waals surface area contributed by atoms with Crippen molar-refractivity contribution in [2.45, 2.75) is 6.54 Å². The number of aromatic nitrogens is 3. The standard InChI is InChI=1S/C8H10N4/c1-12-5-6-4-10-7(3-9)2-8(6)11-12/h2,4-5H,3,9H2,1H3. The van der Waals surface area contributed by atoms with Crippen molar-refractivity contribution < 1.29 is 0 Å². The normalized spacial score (nSPS) is 10.8. The molecule has 0 unspecified atom stereocenters. The van der Waals surface area contributed by atoms with Gasteiger partial charge in [0.1, 0.15) is 0 Å². The topological polar surface area (TPSA) is 56.7 Å². The lowest BCUT2D eigenvalue weighted by molar-refractivity contribution is 0.779. The number of hydrogen-bond acceptors (Lipinski definition) is 3. The first-order valence-corrected chi connectivity index (χ1v) is 3.78. The Labute approximate surface area is 70.0 Å². The number of nitrogens with two attached hydrogens (primary N) is 1. The SMILES string of the molecule is Cn1cc2cnc(CN)cc2n1. The van der Waals surface area contributed by atoms with Gasteiger partial charge in [0.15, 0.2) is 0 Å². The van der Waals surface area contributed by atoms with Gasteiger partial charge in [0.2, 0.25) is 0 Å². The van der Waals surface area contributed by atoms with Gasteiger partial charge in [-0.15, -0.1) is 0 Å². The maximum atomic E-state index is 5.45. The lowest BCUT2D eigenvalue weighted by atomic mass is 10.3. The summed E-state index contributed by atoms with van der Waals surface area (Å²) < 4.78 is 1.77. The number of hydrogen-bond donors (Lipinski definition) is 1. The molecule has 0 spiro atoms. The van der Waals surface area contributed by atoms with Crippen LogP contribution in [0.5, 0.6) is 0 Å². The van der Waals surface area contributed by atoms with Crippen molar-refractivity contribution in [3.63, 3.8) is 0 Å². The minimum atomic E-state index is 0.465. The predicted octanol–water partition coefficient (Wildman–Crippen LogP) is 0.427. The van der Waals surface area contributed by atoms with Crippen molar-refractivity contribution in [2.24, 2.45) is 12.8 Å². The van der Waals surface area contributed by atoms with Crippen LogP contribution in [0.4, 0.5) is 0 Å². The first-order valence-electron chi connectivity index (χ1n) is 3.78. The molecule has 0 saturated carbocycles. The zero-order valence-corrected chi connectivity index (χ0v) is 6.86. The van der Waals surface area contributed by atoms with Crippen molar-refractivity contribution in [3.05, 3.63) is 24.2 Å². The largest absolute Gasteiger partial charge is 0.325 e. The van der Waals surface area contributed by atoms with Gasteiger partial charge in [-0.25, -0.2) is 0 Å². The molecule has 0 aromatic carbocycles. The summed E-state index contributed by atoms with van der Waals surface area (Å²) in [7, 11) is 1.89. The highest BCUT2D eigenvalue weighted by Gasteiger charge is 1.99. The second kappa shape index (κ2) is 2.57. The van der Waals surface area contributed by atoms with Crippen LogP contribution in [0.3, 0.4) is 0 Å². The van der Waals surface area contributed by atoms with Crippen molar-refractivity contribution >= 4 is 10.9 Å². The van der Waals surface area contributed by atoms with Crippen LogP contribution in [0.2, 0.25) is 0 Å². The lowest BCUT2D eigenvalue weighted by Crippen LogP contribution is -1.98. The fourth-order valence-electron chi connectivity index (χ4n) is 1.19. The van der Waals surface area contributed by atoms with Gasteiger partial charge in [0, 0.05) is 31.4 Å². The van der Waals surface area contributed by atoms with Crippen LogP contribution in [0.1, 0.15) is 5.69 Å². The monoisotopic (exact) mass is 162 g/mol. The van der Waals surface area contributed by atoms with Gasteiger partial charge in [0.25, 0.3) is 0 Å². The molecular formula is C8H10N4. The molecular weight excluding hydrogens is 152 g/mol. The smallest absolute Gasteiger partial charge is 0.0957 e. The molecule has 2 N–H and O–H groups in total. The molecule has 0 aliphatic heterocycles. The van der Waals surface area contributed by atoms with E-state index >= 15 is 0 Å². The molecule has 12 heavy (non-hydrogen) atoms. The third-order valence-corrected chi connectivity index (χ3v) is 1.77. The van der Waals surface area contributed by atoms with Crippen LogP contribution in [0, 0.1) is 0 Å². The molecule has 62 valence electrons. The summed E-state index contributed by atoms with van der Waals surface area (Å²) in [6, 6.07) is 1.91. The molecule has 0 bridgehead atoms. The Bertz CT molecular complexity index is 404. The van der Waals surface area contributed by atoms with Crippen LogP contribution >= 0.6 is 0 Å². The van der Waals surface area contributed by atoms with Crippen molar-refractivity contribution in [2.75, 3.05) is 0 Å². The highest BCUT2D eigenvalue weighted by atomic mass is 15.2. The summed E-state index contributed by atoms with van der Waals surface area (Å²) in [5.74, 6) is 0. The Hall–Kier alpha value is -1.42. The van der Waals surface area contributed by atoms with E-state index in [0.29, 0.717) is 6.54 Å². The predicted molar refractivity (Wildman–Crippen MR) is 46.4 cm³/mol. The van der Waals surface area contributed by atoms with E-state index in [-0.39, 0.29) is 0 Å². The highest BCUT2D eigenvalue weighted by Crippen LogP contribution is 2.10. The van der Waals surface area contributed by atoms with E-state index in [1.807, 2.05) is 19.3 Å². The quantitative estimate of drug-likeness (QED) is 0.661. The maximum absolute atomic E-state index is 5.45. The molecule has 0 saturated heterocycles. The van der Waals surface area contributed by atoms with Gasteiger partial charge >= 0.3 is 0 Å². The van der Waals surface area contributed by atoms with Gasteiger partial charge in [-0.1, -0.05) is 0 Å². The summed E-state index contributed by atoms with van der Waals surface area (Å²) in [5.41, 5.74) is 7.28. The van der Waals surface area contributed by atoms with Crippen LogP contribution in [-0.2, 0) is 13.6 Å². The van der Waals surface area contributed by atoms with Crippen LogP contribution < -0.4 is 5.73 Å². The summed E-state index contributed by atoms with van der Waals surface area (Å²) in [5, 5.41) is 5.29. The third kappa shape index (κ3) is 1.06. The molecule has 0 amide bonds. The van der Waals surface area contributed by atoms with Gasteiger partial charge in [-0.3, -0.25) is 9.67 Å². The number of fused-ring (bicyclic) bond motifs is 1. The summed E-state index contributed by atoms with van der Waals surface area (Å²) in [4.78, 5) is 4.16. The average Bonchev–Trinajstić information content (AvgIpc) is 2.43. The van der Waals surface area contributed by atoms with E-state index in [4.69, 9.17) is 5.73 Å². The van der Waals surface area contributed by atoms with Crippen molar-refractivity contribution in [1.82, 2.24) is 14.8 Å². The molecule has 0 atom stereocenters. The summed E-state index contributed by atoms with van der Waals surface area (Å²) in [6.07, 6.45) is 3.73. The zero-order chi connectivity index (χ0) is 8.55. The molecule has 0 radical (unpaired) electrons. The molecule has 2 aromatic rings. The van der Waals surface area contributed by atoms with Crippen LogP contribution in [0.25, 0.3) is 10.9 Å². The molecule has 2 heterocycles. The Morgan fingerprint density at radius 3 is 3.17 bits per heavy atom. The minimum Gasteiger partial charge on any atom is -0.325 e. The molecule has 2 aromatic heterocycles. The highest BCUT2D eigenvalue weighted by molar-refractivity contribution is 5.77. The first kappa shape index (κ1) is 7.24. The Kier molecular flexibility index (Phi) is 1.55. The molecule has 4 nitrogen and oxygen atoms in total. The number of aryl methyl sites for hydroxylation is 1.